The molecule has 108 valence electrons. The Morgan fingerprint density at radius 1 is 1.10 bits per heavy atom. The van der Waals surface area contributed by atoms with Crippen LogP contribution >= 0.6 is 0 Å². The van der Waals surface area contributed by atoms with E-state index >= 15 is 0 Å². The molecule has 0 aliphatic heterocycles. The molecule has 0 aliphatic rings. The lowest BCUT2D eigenvalue weighted by Crippen LogP contribution is -2.19. The molecule has 2 aromatic rings. The lowest BCUT2D eigenvalue weighted by atomic mass is 10.1. The van der Waals surface area contributed by atoms with Crippen molar-refractivity contribution < 1.29 is 14.0 Å². The molecule has 0 spiro atoms. The minimum Gasteiger partial charge on any atom is -0.355 e. The predicted octanol–water partition coefficient (Wildman–Crippen LogP) is 2.37. The summed E-state index contributed by atoms with van der Waals surface area (Å²) in [6, 6.07) is 12.4. The molecule has 0 aliphatic carbocycles. The smallest absolute Gasteiger partial charge is 0.251 e. The van der Waals surface area contributed by atoms with Crippen LogP contribution in [0.3, 0.4) is 0 Å². The van der Waals surface area contributed by atoms with E-state index in [1.54, 1.807) is 43.4 Å². The van der Waals surface area contributed by atoms with Crippen molar-refractivity contribution in [2.45, 2.75) is 6.42 Å². The van der Waals surface area contributed by atoms with E-state index in [4.69, 9.17) is 0 Å². The number of nitrogens with one attached hydrogen (secondary N) is 2. The molecule has 0 fully saturated rings. The van der Waals surface area contributed by atoms with E-state index < -0.39 is 0 Å². The van der Waals surface area contributed by atoms with Crippen LogP contribution in [0.1, 0.15) is 15.9 Å². The predicted molar refractivity (Wildman–Crippen MR) is 78.6 cm³/mol. The van der Waals surface area contributed by atoms with Crippen LogP contribution in [0.25, 0.3) is 0 Å². The average Bonchev–Trinajstić information content (AvgIpc) is 2.49. The molecule has 21 heavy (non-hydrogen) atoms. The Bertz CT molecular complexity index is 654. The van der Waals surface area contributed by atoms with E-state index in [-0.39, 0.29) is 24.1 Å². The zero-order valence-electron chi connectivity index (χ0n) is 11.5. The highest BCUT2D eigenvalue weighted by Gasteiger charge is 2.07. The Labute approximate surface area is 122 Å². The Morgan fingerprint density at radius 2 is 1.81 bits per heavy atom. The summed E-state index contributed by atoms with van der Waals surface area (Å²) in [5.74, 6) is -0.780. The van der Waals surface area contributed by atoms with E-state index in [0.717, 1.165) is 5.56 Å². The maximum absolute atomic E-state index is 12.8. The second-order valence-corrected chi connectivity index (χ2v) is 4.51. The average molecular weight is 286 g/mol. The summed E-state index contributed by atoms with van der Waals surface area (Å²) >= 11 is 0. The van der Waals surface area contributed by atoms with E-state index in [0.29, 0.717) is 11.3 Å². The van der Waals surface area contributed by atoms with Gasteiger partial charge in [-0.2, -0.15) is 0 Å². The molecule has 2 aromatic carbocycles. The molecular weight excluding hydrogens is 271 g/mol. The number of rotatable bonds is 4. The Hall–Kier alpha value is -2.69. The van der Waals surface area contributed by atoms with Crippen molar-refractivity contribution in [2.24, 2.45) is 0 Å². The fraction of sp³-hybridized carbons (Fsp3) is 0.125. The lowest BCUT2D eigenvalue weighted by Gasteiger charge is -2.07. The number of benzene rings is 2. The van der Waals surface area contributed by atoms with Crippen molar-refractivity contribution in [1.82, 2.24) is 5.32 Å². The molecule has 2 amide bonds. The number of carbonyl (C=O) groups excluding carboxylic acids is 2. The van der Waals surface area contributed by atoms with Crippen LogP contribution in [0.2, 0.25) is 0 Å². The largest absolute Gasteiger partial charge is 0.355 e. The van der Waals surface area contributed by atoms with Crippen LogP contribution in [0, 0.1) is 5.82 Å². The summed E-state index contributed by atoms with van der Waals surface area (Å²) in [6.45, 7) is 0. The maximum atomic E-state index is 12.8. The number of carbonyl (C=O) groups is 2. The van der Waals surface area contributed by atoms with Gasteiger partial charge >= 0.3 is 0 Å². The van der Waals surface area contributed by atoms with Crippen LogP contribution < -0.4 is 10.6 Å². The van der Waals surface area contributed by atoms with Gasteiger partial charge in [-0.1, -0.05) is 18.2 Å². The summed E-state index contributed by atoms with van der Waals surface area (Å²) in [5.41, 5.74) is 1.73. The van der Waals surface area contributed by atoms with Gasteiger partial charge in [0.1, 0.15) is 5.82 Å². The number of halogens is 1. The zero-order valence-corrected chi connectivity index (χ0v) is 11.5. The summed E-state index contributed by atoms with van der Waals surface area (Å²) in [6.07, 6.45) is 0.143. The van der Waals surface area contributed by atoms with Crippen molar-refractivity contribution in [2.75, 3.05) is 12.4 Å². The normalized spacial score (nSPS) is 10.0. The van der Waals surface area contributed by atoms with E-state index in [1.807, 2.05) is 0 Å². The Balaban J connectivity index is 2.02. The van der Waals surface area contributed by atoms with E-state index in [2.05, 4.69) is 10.6 Å². The Morgan fingerprint density at radius 3 is 2.48 bits per heavy atom. The molecule has 0 bridgehead atoms. The Kier molecular flexibility index (Phi) is 4.66. The van der Waals surface area contributed by atoms with Gasteiger partial charge in [-0.15, -0.1) is 0 Å². The molecule has 0 saturated carbocycles. The SMILES string of the molecule is CNC(=O)c1cccc(NC(=O)Cc2ccc(F)cc2)c1. The highest BCUT2D eigenvalue weighted by atomic mass is 19.1. The lowest BCUT2D eigenvalue weighted by molar-refractivity contribution is -0.115. The van der Waals surface area contributed by atoms with Gasteiger partial charge in [-0.05, 0) is 35.9 Å². The minimum absolute atomic E-state index is 0.143. The molecule has 0 unspecified atom stereocenters. The standard InChI is InChI=1S/C16H15FN2O2/c1-18-16(21)12-3-2-4-14(10-12)19-15(20)9-11-5-7-13(17)8-6-11/h2-8,10H,9H2,1H3,(H,18,21)(H,19,20). The first-order valence-electron chi connectivity index (χ1n) is 6.45. The van der Waals surface area contributed by atoms with Gasteiger partial charge in [0, 0.05) is 18.3 Å². The fourth-order valence-corrected chi connectivity index (χ4v) is 1.88. The van der Waals surface area contributed by atoms with Crippen molar-refractivity contribution in [1.29, 1.82) is 0 Å². The first kappa shape index (κ1) is 14.7. The monoisotopic (exact) mass is 286 g/mol. The third-order valence-corrected chi connectivity index (χ3v) is 2.91. The number of hydrogen-bond acceptors (Lipinski definition) is 2. The van der Waals surface area contributed by atoms with Gasteiger partial charge in [0.15, 0.2) is 0 Å². The number of amides is 2. The van der Waals surface area contributed by atoms with Gasteiger partial charge in [0.2, 0.25) is 5.91 Å². The van der Waals surface area contributed by atoms with E-state index in [9.17, 15) is 14.0 Å². The van der Waals surface area contributed by atoms with Gasteiger partial charge in [0.25, 0.3) is 5.91 Å². The minimum atomic E-state index is -0.336. The molecule has 0 radical (unpaired) electrons. The van der Waals surface area contributed by atoms with Gasteiger partial charge in [-0.25, -0.2) is 4.39 Å². The van der Waals surface area contributed by atoms with Crippen molar-refractivity contribution >= 4 is 17.5 Å². The third-order valence-electron chi connectivity index (χ3n) is 2.91. The van der Waals surface area contributed by atoms with E-state index in [1.165, 1.54) is 12.1 Å². The molecule has 5 heteroatoms. The van der Waals surface area contributed by atoms with Crippen LogP contribution in [-0.4, -0.2) is 18.9 Å². The molecule has 4 nitrogen and oxygen atoms in total. The fourth-order valence-electron chi connectivity index (χ4n) is 1.88. The van der Waals surface area contributed by atoms with Crippen molar-refractivity contribution in [3.05, 3.63) is 65.5 Å². The molecule has 0 atom stereocenters. The summed E-state index contributed by atoms with van der Waals surface area (Å²) in [5, 5.41) is 5.23. The quantitative estimate of drug-likeness (QED) is 0.906. The van der Waals surface area contributed by atoms with Crippen LogP contribution in [0.5, 0.6) is 0 Å². The third kappa shape index (κ3) is 4.14. The summed E-state index contributed by atoms with van der Waals surface area (Å²) < 4.78 is 12.8. The van der Waals surface area contributed by atoms with Crippen LogP contribution in [0.15, 0.2) is 48.5 Å². The van der Waals surface area contributed by atoms with Crippen LogP contribution in [-0.2, 0) is 11.2 Å². The first-order chi connectivity index (χ1) is 10.1. The van der Waals surface area contributed by atoms with Gasteiger partial charge < -0.3 is 10.6 Å². The molecule has 2 rings (SSSR count). The summed E-state index contributed by atoms with van der Waals surface area (Å²) in [4.78, 5) is 23.4. The number of hydrogen-bond donors (Lipinski definition) is 2. The maximum Gasteiger partial charge on any atom is 0.251 e. The van der Waals surface area contributed by atoms with Gasteiger partial charge in [-0.3, -0.25) is 9.59 Å². The molecular formula is C16H15FN2O2. The first-order valence-corrected chi connectivity index (χ1v) is 6.45. The van der Waals surface area contributed by atoms with Gasteiger partial charge in [0.05, 0.1) is 6.42 Å². The highest BCUT2D eigenvalue weighted by molar-refractivity contribution is 5.97. The zero-order chi connectivity index (χ0) is 15.2. The second-order valence-electron chi connectivity index (χ2n) is 4.51. The topological polar surface area (TPSA) is 58.2 Å². The second kappa shape index (κ2) is 6.65. The molecule has 0 saturated heterocycles. The summed E-state index contributed by atoms with van der Waals surface area (Å²) in [7, 11) is 1.54. The highest BCUT2D eigenvalue weighted by Crippen LogP contribution is 2.12. The molecule has 0 heterocycles. The van der Waals surface area contributed by atoms with Crippen LogP contribution in [0.4, 0.5) is 10.1 Å². The molecule has 2 N–H and O–H groups in total. The molecule has 0 aromatic heterocycles. The number of anilines is 1. The van der Waals surface area contributed by atoms with Crippen molar-refractivity contribution in [3.63, 3.8) is 0 Å². The van der Waals surface area contributed by atoms with Crippen molar-refractivity contribution in [3.8, 4) is 0 Å².